The molecule has 0 atom stereocenters. The average molecular weight is 271 g/mol. The summed E-state index contributed by atoms with van der Waals surface area (Å²) < 4.78 is 23.7. The van der Waals surface area contributed by atoms with Gasteiger partial charge in [0.1, 0.15) is 4.49 Å². The number of hydrogen-bond acceptors (Lipinski definition) is 2. The molecule has 0 spiro atoms. The molecular weight excluding hydrogens is 255 g/mol. The quantitative estimate of drug-likeness (QED) is 0.789. The summed E-state index contributed by atoms with van der Waals surface area (Å²) in [5, 5.41) is -0.197. The molecule has 0 saturated heterocycles. The van der Waals surface area contributed by atoms with Crippen LogP contribution >= 0.6 is 23.2 Å². The van der Waals surface area contributed by atoms with Crippen LogP contribution in [0.2, 0.25) is 0 Å². The monoisotopic (exact) mass is 270 g/mol. The lowest BCUT2D eigenvalue weighted by molar-refractivity contribution is 0.383. The summed E-state index contributed by atoms with van der Waals surface area (Å²) in [4.78, 5) is 0. The lowest BCUT2D eigenvalue weighted by atomic mass is 9.91. The van der Waals surface area contributed by atoms with Crippen LogP contribution in [0.3, 0.4) is 0 Å². The Balaban J connectivity index is 2.58. The van der Waals surface area contributed by atoms with Crippen LogP contribution in [0.1, 0.15) is 32.6 Å². The summed E-state index contributed by atoms with van der Waals surface area (Å²) in [5.41, 5.74) is 0. The Labute approximate surface area is 102 Å². The van der Waals surface area contributed by atoms with E-state index < -0.39 is 9.84 Å². The molecule has 15 heavy (non-hydrogen) atoms. The molecule has 0 aromatic carbocycles. The van der Waals surface area contributed by atoms with Crippen molar-refractivity contribution in [2.24, 2.45) is 5.92 Å². The second kappa shape index (κ2) is 5.55. The molecule has 88 valence electrons. The van der Waals surface area contributed by atoms with Crippen molar-refractivity contribution in [3.8, 4) is 0 Å². The third-order valence-corrected chi connectivity index (χ3v) is 5.37. The van der Waals surface area contributed by atoms with E-state index in [1.54, 1.807) is 0 Å². The highest BCUT2D eigenvalue weighted by molar-refractivity contribution is 7.92. The van der Waals surface area contributed by atoms with Gasteiger partial charge in [-0.15, -0.1) is 0 Å². The van der Waals surface area contributed by atoms with Gasteiger partial charge >= 0.3 is 0 Å². The molecule has 1 fully saturated rings. The Kier molecular flexibility index (Phi) is 4.94. The first kappa shape index (κ1) is 13.3. The van der Waals surface area contributed by atoms with Crippen LogP contribution in [0.5, 0.6) is 0 Å². The van der Waals surface area contributed by atoms with E-state index in [4.69, 9.17) is 23.2 Å². The zero-order chi connectivity index (χ0) is 11.5. The third kappa shape index (κ3) is 4.33. The lowest BCUT2D eigenvalue weighted by Gasteiger charge is -2.25. The predicted octanol–water partition coefficient (Wildman–Crippen LogP) is 3.30. The van der Waals surface area contributed by atoms with Crippen molar-refractivity contribution in [3.05, 3.63) is 10.6 Å². The molecule has 1 aliphatic carbocycles. The maximum absolute atomic E-state index is 11.8. The Morgan fingerprint density at radius 1 is 1.27 bits per heavy atom. The molecule has 0 radical (unpaired) electrons. The van der Waals surface area contributed by atoms with Gasteiger partial charge in [0, 0.05) is 0 Å². The average Bonchev–Trinajstić information content (AvgIpc) is 2.16. The molecule has 1 aliphatic rings. The van der Waals surface area contributed by atoms with Crippen molar-refractivity contribution in [2.45, 2.75) is 37.9 Å². The molecule has 0 aliphatic heterocycles. The lowest BCUT2D eigenvalue weighted by Crippen LogP contribution is -2.28. The number of rotatable bonds is 3. The van der Waals surface area contributed by atoms with Crippen molar-refractivity contribution in [1.29, 1.82) is 0 Å². The van der Waals surface area contributed by atoms with Gasteiger partial charge in [0.25, 0.3) is 0 Å². The third-order valence-electron chi connectivity index (χ3n) is 2.94. The molecule has 1 rings (SSSR count). The maximum Gasteiger partial charge on any atom is 0.156 e. The molecular formula is C10H16Cl2O2S. The van der Waals surface area contributed by atoms with Gasteiger partial charge in [-0.05, 0) is 37.7 Å². The highest BCUT2D eigenvalue weighted by Gasteiger charge is 2.28. The number of halogens is 2. The maximum atomic E-state index is 11.8. The number of hydrogen-bond donors (Lipinski definition) is 0. The molecule has 0 heterocycles. The van der Waals surface area contributed by atoms with Crippen LogP contribution < -0.4 is 0 Å². The summed E-state index contributed by atoms with van der Waals surface area (Å²) in [7, 11) is -3.05. The SMILES string of the molecule is CC1CCC(S(=O)(=O)CC=C(Cl)Cl)CC1. The first-order valence-corrected chi connectivity index (χ1v) is 7.61. The van der Waals surface area contributed by atoms with E-state index in [1.807, 2.05) is 0 Å². The van der Waals surface area contributed by atoms with Gasteiger partial charge in [-0.2, -0.15) is 0 Å². The zero-order valence-corrected chi connectivity index (χ0v) is 11.1. The standard InChI is InChI=1S/C10H16Cl2O2S/c1-8-2-4-9(5-3-8)15(13,14)7-6-10(11)12/h6,8-9H,2-5,7H2,1H3. The van der Waals surface area contributed by atoms with Crippen molar-refractivity contribution in [1.82, 2.24) is 0 Å². The predicted molar refractivity (Wildman–Crippen MR) is 65.0 cm³/mol. The summed E-state index contributed by atoms with van der Waals surface area (Å²) >= 11 is 10.8. The smallest absolute Gasteiger partial charge is 0.156 e. The fourth-order valence-electron chi connectivity index (χ4n) is 1.90. The Morgan fingerprint density at radius 2 is 1.80 bits per heavy atom. The fraction of sp³-hybridized carbons (Fsp3) is 0.800. The highest BCUT2D eigenvalue weighted by atomic mass is 35.5. The summed E-state index contributed by atoms with van der Waals surface area (Å²) in [6.07, 6.45) is 4.91. The van der Waals surface area contributed by atoms with Crippen molar-refractivity contribution >= 4 is 33.0 Å². The van der Waals surface area contributed by atoms with E-state index in [9.17, 15) is 8.42 Å². The summed E-state index contributed by atoms with van der Waals surface area (Å²) in [6, 6.07) is 0. The van der Waals surface area contributed by atoms with E-state index in [0.717, 1.165) is 25.7 Å². The van der Waals surface area contributed by atoms with Gasteiger partial charge < -0.3 is 0 Å². The van der Waals surface area contributed by atoms with Crippen LogP contribution in [0.25, 0.3) is 0 Å². The molecule has 0 unspecified atom stereocenters. The summed E-state index contributed by atoms with van der Waals surface area (Å²) in [5.74, 6) is 0.623. The fourth-order valence-corrected chi connectivity index (χ4v) is 3.90. The van der Waals surface area contributed by atoms with Gasteiger partial charge in [-0.1, -0.05) is 30.1 Å². The van der Waals surface area contributed by atoms with Crippen LogP contribution in [-0.2, 0) is 9.84 Å². The number of sulfone groups is 1. The summed E-state index contributed by atoms with van der Waals surface area (Å²) in [6.45, 7) is 2.17. The molecule has 2 nitrogen and oxygen atoms in total. The first-order chi connectivity index (χ1) is 6.92. The minimum Gasteiger partial charge on any atom is -0.228 e. The van der Waals surface area contributed by atoms with Gasteiger partial charge in [0.2, 0.25) is 0 Å². The van der Waals surface area contributed by atoms with E-state index in [1.165, 1.54) is 6.08 Å². The van der Waals surface area contributed by atoms with Crippen LogP contribution in [0.15, 0.2) is 10.6 Å². The highest BCUT2D eigenvalue weighted by Crippen LogP contribution is 2.28. The van der Waals surface area contributed by atoms with Gasteiger partial charge in [0.05, 0.1) is 11.0 Å². The van der Waals surface area contributed by atoms with Crippen molar-refractivity contribution in [2.75, 3.05) is 5.75 Å². The minimum atomic E-state index is -3.05. The second-order valence-corrected chi connectivity index (χ2v) is 7.54. The van der Waals surface area contributed by atoms with E-state index in [0.29, 0.717) is 5.92 Å². The molecule has 0 N–H and O–H groups in total. The van der Waals surface area contributed by atoms with Crippen molar-refractivity contribution in [3.63, 3.8) is 0 Å². The van der Waals surface area contributed by atoms with Gasteiger partial charge in [-0.25, -0.2) is 8.42 Å². The normalized spacial score (nSPS) is 27.4. The Bertz CT molecular complexity index is 323. The minimum absolute atomic E-state index is 0.0303. The zero-order valence-electron chi connectivity index (χ0n) is 8.75. The Hall–Kier alpha value is 0.270. The molecule has 0 amide bonds. The van der Waals surface area contributed by atoms with E-state index in [2.05, 4.69) is 6.92 Å². The van der Waals surface area contributed by atoms with Crippen molar-refractivity contribution < 1.29 is 8.42 Å². The van der Waals surface area contributed by atoms with Crippen LogP contribution in [-0.4, -0.2) is 19.4 Å². The molecule has 0 aromatic heterocycles. The first-order valence-electron chi connectivity index (χ1n) is 5.14. The molecule has 1 saturated carbocycles. The Morgan fingerprint density at radius 3 is 2.27 bits per heavy atom. The van der Waals surface area contributed by atoms with E-state index >= 15 is 0 Å². The molecule has 5 heteroatoms. The van der Waals surface area contributed by atoms with E-state index in [-0.39, 0.29) is 15.5 Å². The second-order valence-electron chi connectivity index (χ2n) is 4.21. The molecule has 0 aromatic rings. The van der Waals surface area contributed by atoms with Gasteiger partial charge in [-0.3, -0.25) is 0 Å². The van der Waals surface area contributed by atoms with Gasteiger partial charge in [0.15, 0.2) is 9.84 Å². The molecule has 0 bridgehead atoms. The van der Waals surface area contributed by atoms with Crippen LogP contribution in [0.4, 0.5) is 0 Å². The van der Waals surface area contributed by atoms with Crippen LogP contribution in [0, 0.1) is 5.92 Å². The largest absolute Gasteiger partial charge is 0.228 e. The topological polar surface area (TPSA) is 34.1 Å².